The molecule has 15 heavy (non-hydrogen) atoms. The van der Waals surface area contributed by atoms with Crippen LogP contribution in [0, 0.1) is 5.41 Å². The molecule has 0 radical (unpaired) electrons. The van der Waals surface area contributed by atoms with Crippen LogP contribution in [-0.4, -0.2) is 30.0 Å². The fourth-order valence-corrected chi connectivity index (χ4v) is 1.01. The third-order valence-electron chi connectivity index (χ3n) is 1.85. The fraction of sp³-hybridized carbons (Fsp3) is 0.833. The fourth-order valence-electron chi connectivity index (χ4n) is 1.01. The predicted octanol–water partition coefficient (Wildman–Crippen LogP) is 1.53. The molecule has 0 aromatic heterocycles. The van der Waals surface area contributed by atoms with Gasteiger partial charge in [0.15, 0.2) is 0 Å². The zero-order valence-corrected chi connectivity index (χ0v) is 7.11. The number of carboxylic acids is 1. The predicted molar refractivity (Wildman–Crippen MR) is 35.9 cm³/mol. The highest BCUT2D eigenvalue weighted by molar-refractivity contribution is 5.76. The zero-order valence-electron chi connectivity index (χ0n) is 7.11. The molecule has 0 aliphatic carbocycles. The maximum atomic E-state index is 12.2. The van der Waals surface area contributed by atoms with Gasteiger partial charge in [0.2, 0.25) is 0 Å². The quantitative estimate of drug-likeness (QED) is 0.734. The summed E-state index contributed by atoms with van der Waals surface area (Å²) in [6.07, 6.45) is -13.6. The van der Waals surface area contributed by atoms with E-state index in [9.17, 15) is 31.1 Å². The Hall–Kier alpha value is -0.990. The van der Waals surface area contributed by atoms with Crippen molar-refractivity contribution in [2.75, 3.05) is 6.54 Å². The van der Waals surface area contributed by atoms with Crippen molar-refractivity contribution < 1.29 is 36.2 Å². The Labute approximate surface area is 79.9 Å². The van der Waals surface area contributed by atoms with Gasteiger partial charge in [-0.05, 0) is 13.0 Å². The molecular formula is C6H7F6NO2. The number of halogens is 6. The van der Waals surface area contributed by atoms with E-state index < -0.39 is 36.7 Å². The van der Waals surface area contributed by atoms with Gasteiger partial charge in [-0.1, -0.05) is 0 Å². The van der Waals surface area contributed by atoms with E-state index in [0.29, 0.717) is 0 Å². The lowest BCUT2D eigenvalue weighted by Crippen LogP contribution is -2.56. The summed E-state index contributed by atoms with van der Waals surface area (Å²) in [5.74, 6) is -2.99. The smallest absolute Gasteiger partial charge is 0.413 e. The average Bonchev–Trinajstić information content (AvgIpc) is 1.93. The van der Waals surface area contributed by atoms with Crippen molar-refractivity contribution in [2.24, 2.45) is 11.1 Å². The van der Waals surface area contributed by atoms with Crippen LogP contribution in [0.4, 0.5) is 26.3 Å². The number of rotatable bonds is 3. The van der Waals surface area contributed by atoms with Crippen molar-refractivity contribution >= 4 is 5.97 Å². The maximum Gasteiger partial charge on any atom is 0.413 e. The highest BCUT2D eigenvalue weighted by Crippen LogP contribution is 2.52. The topological polar surface area (TPSA) is 63.3 Å². The van der Waals surface area contributed by atoms with Crippen molar-refractivity contribution in [2.45, 2.75) is 18.8 Å². The molecule has 3 nitrogen and oxygen atoms in total. The molecule has 0 spiro atoms. The third kappa shape index (κ3) is 2.16. The van der Waals surface area contributed by atoms with Gasteiger partial charge in [-0.3, -0.25) is 4.79 Å². The van der Waals surface area contributed by atoms with E-state index >= 15 is 0 Å². The normalized spacial score (nSPS) is 14.1. The first-order chi connectivity index (χ1) is 6.50. The van der Waals surface area contributed by atoms with Crippen LogP contribution >= 0.6 is 0 Å². The van der Waals surface area contributed by atoms with Crippen LogP contribution in [0.3, 0.4) is 0 Å². The molecule has 0 bridgehead atoms. The summed E-state index contributed by atoms with van der Waals surface area (Å²) < 4.78 is 72.9. The number of aliphatic carboxylic acids is 1. The minimum atomic E-state index is -5.93. The van der Waals surface area contributed by atoms with Crippen LogP contribution in [0.25, 0.3) is 0 Å². The van der Waals surface area contributed by atoms with Gasteiger partial charge in [-0.25, -0.2) is 0 Å². The Morgan fingerprint density at radius 1 is 1.07 bits per heavy atom. The highest BCUT2D eigenvalue weighted by Gasteiger charge is 2.75. The van der Waals surface area contributed by atoms with Gasteiger partial charge in [0.1, 0.15) is 0 Å². The second kappa shape index (κ2) is 3.87. The highest BCUT2D eigenvalue weighted by atomic mass is 19.4. The summed E-state index contributed by atoms with van der Waals surface area (Å²) in [4.78, 5) is 10.2. The molecule has 0 aliphatic rings. The lowest BCUT2D eigenvalue weighted by Gasteiger charge is -2.32. The summed E-state index contributed by atoms with van der Waals surface area (Å²) in [5.41, 5.74) is -0.201. The molecular weight excluding hydrogens is 232 g/mol. The van der Waals surface area contributed by atoms with E-state index in [-0.39, 0.29) is 0 Å². The third-order valence-corrected chi connectivity index (χ3v) is 1.85. The standard InChI is InChI=1S/C6H7F6NO2/c7-5(8,9)4(1-2-13,3(14)15)6(10,11)12/h1-2,13H2,(H,14,15). The van der Waals surface area contributed by atoms with E-state index in [1.54, 1.807) is 0 Å². The van der Waals surface area contributed by atoms with Crippen LogP contribution in [-0.2, 0) is 4.79 Å². The van der Waals surface area contributed by atoms with Crippen molar-refractivity contribution in [3.63, 3.8) is 0 Å². The first-order valence-corrected chi connectivity index (χ1v) is 3.57. The Bertz CT molecular complexity index is 231. The monoisotopic (exact) mass is 239 g/mol. The summed E-state index contributed by atoms with van der Waals surface area (Å²) in [6, 6.07) is 0. The first kappa shape index (κ1) is 14.0. The van der Waals surface area contributed by atoms with E-state index in [1.807, 2.05) is 0 Å². The number of carbonyl (C=O) groups is 1. The van der Waals surface area contributed by atoms with Crippen LogP contribution in [0.15, 0.2) is 0 Å². The minimum absolute atomic E-state index is 1.04. The molecule has 0 fully saturated rings. The lowest BCUT2D eigenvalue weighted by atomic mass is 9.83. The summed E-state index contributed by atoms with van der Waals surface area (Å²) >= 11 is 0. The van der Waals surface area contributed by atoms with Crippen LogP contribution in [0.2, 0.25) is 0 Å². The van der Waals surface area contributed by atoms with E-state index in [4.69, 9.17) is 5.11 Å². The average molecular weight is 239 g/mol. The summed E-state index contributed by atoms with van der Waals surface area (Å²) in [5, 5.41) is 8.13. The Kier molecular flexibility index (Phi) is 3.62. The second-order valence-corrected chi connectivity index (χ2v) is 2.74. The molecule has 0 aromatic carbocycles. The molecule has 0 saturated heterocycles. The second-order valence-electron chi connectivity index (χ2n) is 2.74. The van der Waals surface area contributed by atoms with Crippen molar-refractivity contribution in [3.8, 4) is 0 Å². The zero-order chi connectivity index (χ0) is 12.5. The molecule has 9 heteroatoms. The number of nitrogens with two attached hydrogens (primary N) is 1. The van der Waals surface area contributed by atoms with Crippen LogP contribution in [0.5, 0.6) is 0 Å². The molecule has 90 valence electrons. The van der Waals surface area contributed by atoms with Crippen molar-refractivity contribution in [1.29, 1.82) is 0 Å². The van der Waals surface area contributed by atoms with E-state index in [1.165, 1.54) is 0 Å². The summed E-state index contributed by atoms with van der Waals surface area (Å²) in [7, 11) is 0. The van der Waals surface area contributed by atoms with Gasteiger partial charge < -0.3 is 10.8 Å². The van der Waals surface area contributed by atoms with Gasteiger partial charge in [-0.2, -0.15) is 26.3 Å². The molecule has 0 aromatic rings. The Morgan fingerprint density at radius 3 is 1.47 bits per heavy atom. The van der Waals surface area contributed by atoms with E-state index in [0.717, 1.165) is 0 Å². The van der Waals surface area contributed by atoms with Gasteiger partial charge in [0.05, 0.1) is 0 Å². The molecule has 0 amide bonds. The van der Waals surface area contributed by atoms with Gasteiger partial charge in [0, 0.05) is 0 Å². The van der Waals surface area contributed by atoms with E-state index in [2.05, 4.69) is 5.73 Å². The van der Waals surface area contributed by atoms with Crippen LogP contribution < -0.4 is 5.73 Å². The number of hydrogen-bond donors (Lipinski definition) is 2. The number of hydrogen-bond acceptors (Lipinski definition) is 2. The minimum Gasteiger partial charge on any atom is -0.480 e. The number of carboxylic acid groups (broad SMARTS) is 1. The largest absolute Gasteiger partial charge is 0.480 e. The molecule has 0 rings (SSSR count). The molecule has 0 unspecified atom stereocenters. The molecule has 0 heterocycles. The number of alkyl halides is 6. The first-order valence-electron chi connectivity index (χ1n) is 3.57. The molecule has 0 atom stereocenters. The molecule has 3 N–H and O–H groups in total. The molecule has 0 saturated carbocycles. The summed E-state index contributed by atoms with van der Waals surface area (Å²) in [6.45, 7) is -1.04. The van der Waals surface area contributed by atoms with Gasteiger partial charge in [0.25, 0.3) is 5.41 Å². The Balaban J connectivity index is 5.61. The van der Waals surface area contributed by atoms with Crippen LogP contribution in [0.1, 0.15) is 6.42 Å². The molecule has 0 aliphatic heterocycles. The van der Waals surface area contributed by atoms with Crippen molar-refractivity contribution in [1.82, 2.24) is 0 Å². The lowest BCUT2D eigenvalue weighted by molar-refractivity contribution is -0.332. The maximum absolute atomic E-state index is 12.2. The van der Waals surface area contributed by atoms with Gasteiger partial charge in [-0.15, -0.1) is 0 Å². The Morgan fingerprint density at radius 2 is 1.40 bits per heavy atom. The van der Waals surface area contributed by atoms with Crippen molar-refractivity contribution in [3.05, 3.63) is 0 Å². The van der Waals surface area contributed by atoms with Gasteiger partial charge >= 0.3 is 18.3 Å². The SMILES string of the molecule is NCCC(C(=O)O)(C(F)(F)F)C(F)(F)F.